The van der Waals surface area contributed by atoms with Crippen LogP contribution in [0.15, 0.2) is 55.4 Å². The van der Waals surface area contributed by atoms with Gasteiger partial charge in [-0.2, -0.15) is 0 Å². The molecule has 0 aliphatic heterocycles. The maximum atomic E-state index is 6.19. The van der Waals surface area contributed by atoms with Crippen LogP contribution < -0.4 is 11.1 Å². The highest BCUT2D eigenvalue weighted by molar-refractivity contribution is 7.18. The molecule has 3 nitrogen and oxygen atoms in total. The van der Waals surface area contributed by atoms with E-state index in [2.05, 4.69) is 68.0 Å². The molecule has 0 aliphatic carbocycles. The molecule has 2 heterocycles. The minimum absolute atomic E-state index is 0.332. The predicted molar refractivity (Wildman–Crippen MR) is 113 cm³/mol. The fraction of sp³-hybridized carbons (Fsp3) is 0.227. The monoisotopic (exact) mass is 363 g/mol. The second-order valence-corrected chi connectivity index (χ2v) is 7.83. The van der Waals surface area contributed by atoms with Crippen LogP contribution >= 0.6 is 11.3 Å². The molecule has 134 valence electrons. The maximum Gasteiger partial charge on any atom is 0.0658 e. The number of nitrogens with one attached hydrogen (secondary N) is 1. The van der Waals surface area contributed by atoms with E-state index in [-0.39, 0.29) is 0 Å². The zero-order valence-electron chi connectivity index (χ0n) is 15.5. The Morgan fingerprint density at radius 2 is 1.88 bits per heavy atom. The summed E-state index contributed by atoms with van der Waals surface area (Å²) in [5, 5.41) is 3.18. The topological polar surface area (TPSA) is 50.9 Å². The van der Waals surface area contributed by atoms with Gasteiger partial charge in [0.05, 0.1) is 11.4 Å². The molecule has 0 atom stereocenters. The average Bonchev–Trinajstić information content (AvgIpc) is 3.10. The molecule has 0 bridgehead atoms. The second-order valence-electron chi connectivity index (χ2n) is 6.74. The van der Waals surface area contributed by atoms with Crippen LogP contribution in [0, 0.1) is 6.92 Å². The van der Waals surface area contributed by atoms with Crippen molar-refractivity contribution in [1.29, 1.82) is 0 Å². The fourth-order valence-corrected chi connectivity index (χ4v) is 3.94. The summed E-state index contributed by atoms with van der Waals surface area (Å²) in [5.74, 6) is 0.332. The van der Waals surface area contributed by atoms with Crippen LogP contribution in [-0.4, -0.2) is 4.98 Å². The predicted octanol–water partition coefficient (Wildman–Crippen LogP) is 5.72. The van der Waals surface area contributed by atoms with Gasteiger partial charge in [-0.3, -0.25) is 4.98 Å². The molecule has 2 aromatic heterocycles. The lowest BCUT2D eigenvalue weighted by Crippen LogP contribution is -2.05. The number of aryl methyl sites for hydroxylation is 1. The Labute approximate surface area is 159 Å². The SMILES string of the molecule is C=CNCc1cc(-c2ccc(-c3cnc(C(C)C)c(N)c3)s2)ccc1C. The molecule has 1 aromatic carbocycles. The maximum absolute atomic E-state index is 6.19. The Morgan fingerprint density at radius 3 is 2.54 bits per heavy atom. The number of nitrogens with zero attached hydrogens (tertiary/aromatic N) is 1. The van der Waals surface area contributed by atoms with Gasteiger partial charge in [0.25, 0.3) is 0 Å². The molecule has 0 radical (unpaired) electrons. The van der Waals surface area contributed by atoms with Crippen molar-refractivity contribution in [2.75, 3.05) is 5.73 Å². The van der Waals surface area contributed by atoms with Gasteiger partial charge in [-0.05, 0) is 60.0 Å². The van der Waals surface area contributed by atoms with Crippen LogP contribution in [0.4, 0.5) is 5.69 Å². The Balaban J connectivity index is 1.90. The van der Waals surface area contributed by atoms with E-state index in [1.165, 1.54) is 26.4 Å². The zero-order valence-corrected chi connectivity index (χ0v) is 16.4. The van der Waals surface area contributed by atoms with Crippen molar-refractivity contribution in [1.82, 2.24) is 10.3 Å². The highest BCUT2D eigenvalue weighted by atomic mass is 32.1. The minimum Gasteiger partial charge on any atom is -0.397 e. The second kappa shape index (κ2) is 7.75. The number of aromatic nitrogens is 1. The summed E-state index contributed by atoms with van der Waals surface area (Å²) >= 11 is 1.76. The van der Waals surface area contributed by atoms with Crippen LogP contribution in [0.2, 0.25) is 0 Å². The smallest absolute Gasteiger partial charge is 0.0658 e. The van der Waals surface area contributed by atoms with Crippen molar-refractivity contribution in [2.45, 2.75) is 33.2 Å². The number of nitrogens with two attached hydrogens (primary N) is 1. The van der Waals surface area contributed by atoms with Crippen molar-refractivity contribution in [3.8, 4) is 20.9 Å². The lowest BCUT2D eigenvalue weighted by Gasteiger charge is -2.09. The molecule has 0 amide bonds. The Morgan fingerprint density at radius 1 is 1.15 bits per heavy atom. The normalized spacial score (nSPS) is 10.9. The van der Waals surface area contributed by atoms with E-state index in [1.807, 2.05) is 12.3 Å². The number of pyridine rings is 1. The highest BCUT2D eigenvalue weighted by Crippen LogP contribution is 2.36. The quantitative estimate of drug-likeness (QED) is 0.588. The first kappa shape index (κ1) is 18.2. The molecular formula is C22H25N3S. The van der Waals surface area contributed by atoms with Gasteiger partial charge < -0.3 is 11.1 Å². The zero-order chi connectivity index (χ0) is 18.7. The van der Waals surface area contributed by atoms with Crippen molar-refractivity contribution >= 4 is 17.0 Å². The van der Waals surface area contributed by atoms with E-state index in [0.717, 1.165) is 23.5 Å². The van der Waals surface area contributed by atoms with Gasteiger partial charge in [0.15, 0.2) is 0 Å². The standard InChI is InChI=1S/C22H25N3S/c1-5-24-12-17-10-16(7-6-15(17)4)20-8-9-21(26-20)18-11-19(23)22(14(2)3)25-13-18/h5-11,13-14,24H,1,12,23H2,2-4H3. The Hall–Kier alpha value is -2.59. The minimum atomic E-state index is 0.332. The number of rotatable bonds is 6. The van der Waals surface area contributed by atoms with Crippen LogP contribution in [0.3, 0.4) is 0 Å². The highest BCUT2D eigenvalue weighted by Gasteiger charge is 2.11. The molecule has 26 heavy (non-hydrogen) atoms. The van der Waals surface area contributed by atoms with E-state index >= 15 is 0 Å². The number of hydrogen-bond donors (Lipinski definition) is 2. The molecule has 3 rings (SSSR count). The number of nitrogen functional groups attached to an aromatic ring is 1. The number of thiophene rings is 1. The van der Waals surface area contributed by atoms with E-state index in [4.69, 9.17) is 5.73 Å². The van der Waals surface area contributed by atoms with Crippen LogP contribution in [-0.2, 0) is 6.54 Å². The summed E-state index contributed by atoms with van der Waals surface area (Å²) in [6.45, 7) is 10.9. The third kappa shape index (κ3) is 3.81. The third-order valence-electron chi connectivity index (χ3n) is 4.46. The van der Waals surface area contributed by atoms with Crippen molar-refractivity contribution < 1.29 is 0 Å². The summed E-state index contributed by atoms with van der Waals surface area (Å²) in [5.41, 5.74) is 12.8. The van der Waals surface area contributed by atoms with Gasteiger partial charge >= 0.3 is 0 Å². The molecule has 3 aromatic rings. The fourth-order valence-electron chi connectivity index (χ4n) is 2.96. The number of benzene rings is 1. The van der Waals surface area contributed by atoms with Gasteiger partial charge in [0.1, 0.15) is 0 Å². The van der Waals surface area contributed by atoms with Crippen molar-refractivity contribution in [3.63, 3.8) is 0 Å². The van der Waals surface area contributed by atoms with Crippen molar-refractivity contribution in [2.24, 2.45) is 0 Å². The Kier molecular flexibility index (Phi) is 5.43. The lowest BCUT2D eigenvalue weighted by molar-refractivity contribution is 0.827. The van der Waals surface area contributed by atoms with Crippen LogP contribution in [0.25, 0.3) is 20.9 Å². The summed E-state index contributed by atoms with van der Waals surface area (Å²) in [7, 11) is 0. The molecular weight excluding hydrogens is 338 g/mol. The van der Waals surface area contributed by atoms with Crippen molar-refractivity contribution in [3.05, 3.63) is 72.2 Å². The molecule has 0 saturated carbocycles. The van der Waals surface area contributed by atoms with Gasteiger partial charge in [-0.15, -0.1) is 11.3 Å². The van der Waals surface area contributed by atoms with Crippen LogP contribution in [0.1, 0.15) is 36.6 Å². The molecule has 4 heteroatoms. The summed E-state index contributed by atoms with van der Waals surface area (Å²) in [4.78, 5) is 6.98. The van der Waals surface area contributed by atoms with Crippen LogP contribution in [0.5, 0.6) is 0 Å². The number of anilines is 1. The first-order valence-electron chi connectivity index (χ1n) is 8.79. The largest absolute Gasteiger partial charge is 0.397 e. The first-order chi connectivity index (χ1) is 12.5. The molecule has 0 fully saturated rings. The molecule has 0 spiro atoms. The summed E-state index contributed by atoms with van der Waals surface area (Å²) < 4.78 is 0. The lowest BCUT2D eigenvalue weighted by atomic mass is 10.0. The third-order valence-corrected chi connectivity index (χ3v) is 5.64. The first-order valence-corrected chi connectivity index (χ1v) is 9.61. The molecule has 0 unspecified atom stereocenters. The van der Waals surface area contributed by atoms with Gasteiger partial charge in [0.2, 0.25) is 0 Å². The van der Waals surface area contributed by atoms with Gasteiger partial charge in [-0.25, -0.2) is 0 Å². The summed E-state index contributed by atoms with van der Waals surface area (Å²) in [6.07, 6.45) is 3.66. The number of hydrogen-bond acceptors (Lipinski definition) is 4. The molecule has 0 aliphatic rings. The van der Waals surface area contributed by atoms with E-state index in [1.54, 1.807) is 17.5 Å². The molecule has 3 N–H and O–H groups in total. The van der Waals surface area contributed by atoms with Gasteiger partial charge in [0, 0.05) is 28.1 Å². The average molecular weight is 364 g/mol. The van der Waals surface area contributed by atoms with E-state index < -0.39 is 0 Å². The Bertz CT molecular complexity index is 925. The summed E-state index contributed by atoms with van der Waals surface area (Å²) in [6, 6.07) is 12.9. The molecule has 0 saturated heterocycles. The van der Waals surface area contributed by atoms with E-state index in [0.29, 0.717) is 5.92 Å². The van der Waals surface area contributed by atoms with Gasteiger partial charge in [-0.1, -0.05) is 32.6 Å². The van der Waals surface area contributed by atoms with E-state index in [9.17, 15) is 0 Å².